The Morgan fingerprint density at radius 3 is 2.00 bits per heavy atom. The van der Waals surface area contributed by atoms with Gasteiger partial charge in [-0.1, -0.05) is 13.9 Å². The van der Waals surface area contributed by atoms with Gasteiger partial charge in [-0.3, -0.25) is 0 Å². The van der Waals surface area contributed by atoms with Crippen LogP contribution in [0.2, 0.25) is 0 Å². The van der Waals surface area contributed by atoms with Gasteiger partial charge in [0.25, 0.3) is 0 Å². The standard InChI is InChI=1S/CF5N2P/c2-1(7-3)8(4)9(5)6. The van der Waals surface area contributed by atoms with Crippen molar-refractivity contribution in [1.29, 1.82) is 0 Å². The number of hydrogen-bond acceptors (Lipinski definition) is 1. The average molecular weight is 166 g/mol. The lowest BCUT2D eigenvalue weighted by Crippen LogP contribution is -2.07. The summed E-state index contributed by atoms with van der Waals surface area (Å²) in [4.78, 5) is -1.67. The van der Waals surface area contributed by atoms with Crippen molar-refractivity contribution in [3.8, 4) is 0 Å². The highest BCUT2D eigenvalue weighted by Gasteiger charge is 2.23. The zero-order valence-electron chi connectivity index (χ0n) is 3.73. The van der Waals surface area contributed by atoms with Gasteiger partial charge < -0.3 is 0 Å². The average Bonchev–Trinajstić information content (AvgIpc) is 1.84. The van der Waals surface area contributed by atoms with Crippen LogP contribution in [0.4, 0.5) is 21.7 Å². The van der Waals surface area contributed by atoms with Crippen LogP contribution in [-0.2, 0) is 0 Å². The van der Waals surface area contributed by atoms with E-state index in [0.717, 1.165) is 5.21 Å². The lowest BCUT2D eigenvalue weighted by atomic mass is 11.3. The molecule has 0 spiro atoms. The van der Waals surface area contributed by atoms with Gasteiger partial charge in [0.15, 0.2) is 0 Å². The summed E-state index contributed by atoms with van der Waals surface area (Å²) in [6.07, 6.45) is -2.47. The fourth-order valence-corrected chi connectivity index (χ4v) is 0.252. The molecule has 0 aromatic carbocycles. The minimum Gasteiger partial charge on any atom is -0.160 e. The smallest absolute Gasteiger partial charge is 0.160 e. The highest BCUT2D eigenvalue weighted by Crippen LogP contribution is 2.43. The molecule has 0 aliphatic heterocycles. The second kappa shape index (κ2) is 3.55. The van der Waals surface area contributed by atoms with Gasteiger partial charge in [0, 0.05) is 0 Å². The van der Waals surface area contributed by atoms with Crippen molar-refractivity contribution in [1.82, 2.24) is 4.89 Å². The van der Waals surface area contributed by atoms with Gasteiger partial charge in [0.2, 0.25) is 0 Å². The minimum atomic E-state index is -4.29. The Kier molecular flexibility index (Phi) is 3.37. The summed E-state index contributed by atoms with van der Waals surface area (Å²) in [6.45, 7) is 0. The van der Waals surface area contributed by atoms with Crippen LogP contribution in [0.1, 0.15) is 0 Å². The topological polar surface area (TPSA) is 15.6 Å². The molecule has 0 aromatic heterocycles. The summed E-state index contributed by atoms with van der Waals surface area (Å²) >= 11 is 0. The van der Waals surface area contributed by atoms with Crippen molar-refractivity contribution < 1.29 is 21.7 Å². The summed E-state index contributed by atoms with van der Waals surface area (Å²) in [6, 6.07) is 0. The minimum absolute atomic E-state index is 1.05. The Balaban J connectivity index is 3.88. The normalized spacial score (nSPS) is 12.4. The Morgan fingerprint density at radius 2 is 1.89 bits per heavy atom. The van der Waals surface area contributed by atoms with E-state index in [1.54, 1.807) is 0 Å². The van der Waals surface area contributed by atoms with Gasteiger partial charge in [-0.15, -0.1) is 0 Å². The molecule has 0 N–H and O–H groups in total. The third-order valence-electron chi connectivity index (χ3n) is 0.355. The number of amidine groups is 1. The molecule has 2 nitrogen and oxygen atoms in total. The van der Waals surface area contributed by atoms with Crippen molar-refractivity contribution in [2.75, 3.05) is 0 Å². The van der Waals surface area contributed by atoms with Crippen molar-refractivity contribution in [2.45, 2.75) is 0 Å². The highest BCUT2D eigenvalue weighted by atomic mass is 31.2. The van der Waals surface area contributed by atoms with Gasteiger partial charge in [-0.2, -0.15) is 12.8 Å². The predicted molar refractivity (Wildman–Crippen MR) is 21.7 cm³/mol. The van der Waals surface area contributed by atoms with E-state index >= 15 is 0 Å². The summed E-state index contributed by atoms with van der Waals surface area (Å²) in [5, 5.41) is 1.05. The first-order valence-corrected chi connectivity index (χ1v) is 2.59. The molecule has 0 heterocycles. The summed E-state index contributed by atoms with van der Waals surface area (Å²) in [7, 11) is -4.29. The maximum atomic E-state index is 11.3. The molecule has 0 radical (unpaired) electrons. The van der Waals surface area contributed by atoms with Crippen LogP contribution < -0.4 is 0 Å². The predicted octanol–water partition coefficient (Wildman–Crippen LogP) is 2.55. The van der Waals surface area contributed by atoms with Crippen LogP contribution in [0.25, 0.3) is 0 Å². The first-order valence-electron chi connectivity index (χ1n) is 1.51. The highest BCUT2D eigenvalue weighted by molar-refractivity contribution is 7.44. The second-order valence-corrected chi connectivity index (χ2v) is 1.61. The van der Waals surface area contributed by atoms with E-state index in [1.807, 2.05) is 0 Å². The van der Waals surface area contributed by atoms with Crippen molar-refractivity contribution in [2.24, 2.45) is 5.21 Å². The summed E-state index contributed by atoms with van der Waals surface area (Å²) < 4.78 is 55.1. The maximum absolute atomic E-state index is 11.3. The zero-order chi connectivity index (χ0) is 7.44. The molecule has 8 heteroatoms. The molecule has 0 aliphatic carbocycles. The molecule has 54 valence electrons. The van der Waals surface area contributed by atoms with Crippen LogP contribution in [0.15, 0.2) is 5.21 Å². The van der Waals surface area contributed by atoms with Crippen molar-refractivity contribution in [3.05, 3.63) is 0 Å². The fraction of sp³-hybridized carbons (Fsp3) is 0. The SMILES string of the molecule is FN=C(F)N(F)P(F)F. The third kappa shape index (κ3) is 2.55. The van der Waals surface area contributed by atoms with Crippen LogP contribution in [-0.4, -0.2) is 11.0 Å². The maximum Gasteiger partial charge on any atom is 0.405 e. The van der Waals surface area contributed by atoms with E-state index in [9.17, 15) is 21.7 Å². The first kappa shape index (κ1) is 8.55. The lowest BCUT2D eigenvalue weighted by Gasteiger charge is -2.02. The van der Waals surface area contributed by atoms with Crippen molar-refractivity contribution in [3.63, 3.8) is 0 Å². The van der Waals surface area contributed by atoms with Gasteiger partial charge in [-0.05, 0) is 5.21 Å². The molecule has 9 heavy (non-hydrogen) atoms. The molecule has 0 saturated heterocycles. The second-order valence-electron chi connectivity index (χ2n) is 0.829. The van der Waals surface area contributed by atoms with Gasteiger partial charge in [0.1, 0.15) is 0 Å². The Hall–Kier alpha value is -0.450. The van der Waals surface area contributed by atoms with Crippen LogP contribution in [0, 0.1) is 0 Å². The first-order chi connectivity index (χ1) is 4.09. The molecular weight excluding hydrogens is 166 g/mol. The fourth-order valence-electron chi connectivity index (χ4n) is 0.0936. The van der Waals surface area contributed by atoms with E-state index in [-0.39, 0.29) is 0 Å². The van der Waals surface area contributed by atoms with E-state index in [4.69, 9.17) is 0 Å². The van der Waals surface area contributed by atoms with Crippen molar-refractivity contribution >= 4 is 14.8 Å². The molecule has 0 atom stereocenters. The van der Waals surface area contributed by atoms with Gasteiger partial charge >= 0.3 is 14.8 Å². The number of rotatable bonds is 1. The molecule has 0 fully saturated rings. The van der Waals surface area contributed by atoms with Crippen LogP contribution >= 0.6 is 8.69 Å². The molecule has 0 saturated carbocycles. The number of halogens is 5. The molecular formula is CF5N2P. The molecule has 0 unspecified atom stereocenters. The van der Waals surface area contributed by atoms with Gasteiger partial charge in [0.05, 0.1) is 0 Å². The molecule has 0 bridgehead atoms. The van der Waals surface area contributed by atoms with E-state index < -0.39 is 19.7 Å². The monoisotopic (exact) mass is 166 g/mol. The third-order valence-corrected chi connectivity index (χ3v) is 0.785. The molecule has 0 rings (SSSR count). The Labute approximate surface area is 47.9 Å². The van der Waals surface area contributed by atoms with Crippen LogP contribution in [0.3, 0.4) is 0 Å². The number of hydrogen-bond donors (Lipinski definition) is 0. The summed E-state index contributed by atoms with van der Waals surface area (Å²) in [5.41, 5.74) is 0. The summed E-state index contributed by atoms with van der Waals surface area (Å²) in [5.74, 6) is 0. The largest absolute Gasteiger partial charge is 0.405 e. The van der Waals surface area contributed by atoms with E-state index in [0.29, 0.717) is 0 Å². The molecule has 0 aromatic rings. The Bertz CT molecular complexity index is 114. The zero-order valence-corrected chi connectivity index (χ0v) is 4.63. The van der Waals surface area contributed by atoms with E-state index in [2.05, 4.69) is 0 Å². The van der Waals surface area contributed by atoms with Crippen LogP contribution in [0.5, 0.6) is 0 Å². The lowest BCUT2D eigenvalue weighted by molar-refractivity contribution is 0.204. The molecule has 0 aliphatic rings. The Morgan fingerprint density at radius 1 is 1.44 bits per heavy atom. The van der Waals surface area contributed by atoms with E-state index in [1.165, 1.54) is 0 Å². The quantitative estimate of drug-likeness (QED) is 0.146. The number of nitrogens with zero attached hydrogens (tertiary/aromatic N) is 2. The van der Waals surface area contributed by atoms with Gasteiger partial charge in [-0.25, -0.2) is 0 Å². The molecule has 0 amide bonds.